The highest BCUT2D eigenvalue weighted by Crippen LogP contribution is 2.39. The number of nitrogens with two attached hydrogens (primary N) is 1. The number of rotatable bonds is 5. The molecule has 0 amide bonds. The number of nitrogens with zero attached hydrogens (tertiary/aromatic N) is 6. The minimum atomic E-state index is -0.552. The predicted molar refractivity (Wildman–Crippen MR) is 143 cm³/mol. The average molecular weight is 531 g/mol. The highest BCUT2D eigenvalue weighted by atomic mass is 32.1. The van der Waals surface area contributed by atoms with Crippen LogP contribution in [0.25, 0.3) is 15.9 Å². The third kappa shape index (κ3) is 3.85. The first-order valence-electron chi connectivity index (χ1n) is 11.8. The first-order chi connectivity index (χ1) is 18.4. The van der Waals surface area contributed by atoms with Crippen molar-refractivity contribution in [2.45, 2.75) is 26.4 Å². The Bertz CT molecular complexity index is 1770. The number of hydrogen-bond acceptors (Lipinski definition) is 10. The smallest absolute Gasteiger partial charge is 0.268 e. The Morgan fingerprint density at radius 1 is 1.18 bits per heavy atom. The van der Waals surface area contributed by atoms with E-state index in [2.05, 4.69) is 19.8 Å². The van der Waals surface area contributed by atoms with E-state index in [0.717, 1.165) is 11.3 Å². The van der Waals surface area contributed by atoms with Crippen LogP contribution in [0, 0.1) is 19.7 Å². The highest BCUT2D eigenvalue weighted by molar-refractivity contribution is 7.12. The molecular formula is C26H23FN8O2S. The molecule has 0 saturated heterocycles. The molecule has 3 aromatic heterocycles. The molecule has 1 aliphatic rings. The largest absolute Gasteiger partial charge is 0.497 e. The van der Waals surface area contributed by atoms with Crippen molar-refractivity contribution >= 4 is 33.4 Å². The normalized spacial score (nSPS) is 14.7. The summed E-state index contributed by atoms with van der Waals surface area (Å²) in [5, 5.41) is 2.25. The second-order valence-electron chi connectivity index (χ2n) is 8.97. The molecule has 6 rings (SSSR count). The molecule has 1 atom stereocenters. The Hall–Kier alpha value is -4.42. The van der Waals surface area contributed by atoms with E-state index >= 15 is 0 Å². The van der Waals surface area contributed by atoms with Crippen LogP contribution < -0.4 is 26.5 Å². The van der Waals surface area contributed by atoms with Gasteiger partial charge in [0.1, 0.15) is 34.9 Å². The Balaban J connectivity index is 1.50. The van der Waals surface area contributed by atoms with E-state index < -0.39 is 11.9 Å². The van der Waals surface area contributed by atoms with Crippen LogP contribution in [-0.2, 0) is 6.54 Å². The lowest BCUT2D eigenvalue weighted by Crippen LogP contribution is -2.37. The Labute approximate surface area is 220 Å². The Morgan fingerprint density at radius 3 is 2.79 bits per heavy atom. The van der Waals surface area contributed by atoms with Gasteiger partial charge in [0.05, 0.1) is 36.6 Å². The topological polar surface area (TPSA) is 124 Å². The lowest BCUT2D eigenvalue weighted by atomic mass is 10.0. The van der Waals surface area contributed by atoms with Crippen LogP contribution in [0.4, 0.5) is 16.0 Å². The fourth-order valence-electron chi connectivity index (χ4n) is 4.79. The molecule has 0 saturated carbocycles. The molecule has 2 aromatic carbocycles. The van der Waals surface area contributed by atoms with Gasteiger partial charge < -0.3 is 10.5 Å². The fraction of sp³-hybridized carbons (Fsp3) is 0.192. The molecule has 0 radical (unpaired) electrons. The molecule has 4 heterocycles. The third-order valence-electron chi connectivity index (χ3n) is 6.59. The number of para-hydroxylation sites is 1. The van der Waals surface area contributed by atoms with Gasteiger partial charge in [-0.05, 0) is 54.7 Å². The summed E-state index contributed by atoms with van der Waals surface area (Å²) in [6, 6.07) is 11.5. The van der Waals surface area contributed by atoms with Crippen LogP contribution in [0.1, 0.15) is 34.3 Å². The number of aryl methyl sites for hydroxylation is 2. The van der Waals surface area contributed by atoms with E-state index in [1.165, 1.54) is 37.1 Å². The van der Waals surface area contributed by atoms with Crippen molar-refractivity contribution < 1.29 is 9.13 Å². The SMILES string of the molecule is COc1cc(F)cc(C2NN(Cc3nc4snc(C)c4c(=O)n3-c3ccccc3C)c3ncnc(N)c32)c1. The van der Waals surface area contributed by atoms with Crippen molar-refractivity contribution in [3.05, 3.63) is 93.2 Å². The van der Waals surface area contributed by atoms with E-state index in [9.17, 15) is 9.18 Å². The van der Waals surface area contributed by atoms with E-state index in [-0.39, 0.29) is 17.9 Å². The number of halogens is 1. The molecule has 10 nitrogen and oxygen atoms in total. The van der Waals surface area contributed by atoms with Gasteiger partial charge in [0.25, 0.3) is 5.56 Å². The van der Waals surface area contributed by atoms with Crippen LogP contribution in [0.3, 0.4) is 0 Å². The molecule has 1 aliphatic heterocycles. The monoisotopic (exact) mass is 530 g/mol. The van der Waals surface area contributed by atoms with E-state index in [0.29, 0.717) is 44.4 Å². The van der Waals surface area contributed by atoms with Gasteiger partial charge >= 0.3 is 0 Å². The summed E-state index contributed by atoms with van der Waals surface area (Å²) >= 11 is 1.18. The molecule has 38 heavy (non-hydrogen) atoms. The highest BCUT2D eigenvalue weighted by Gasteiger charge is 2.35. The number of benzene rings is 2. The molecule has 192 valence electrons. The van der Waals surface area contributed by atoms with Gasteiger partial charge in [0.15, 0.2) is 10.6 Å². The van der Waals surface area contributed by atoms with E-state index in [4.69, 9.17) is 15.5 Å². The summed E-state index contributed by atoms with van der Waals surface area (Å²) in [7, 11) is 1.48. The number of methoxy groups -OCH3 is 1. The molecule has 3 N–H and O–H groups in total. The first kappa shape index (κ1) is 23.9. The quantitative estimate of drug-likeness (QED) is 0.351. The summed E-state index contributed by atoms with van der Waals surface area (Å²) in [6.07, 6.45) is 1.37. The second-order valence-corrected chi connectivity index (χ2v) is 9.72. The van der Waals surface area contributed by atoms with Gasteiger partial charge in [-0.15, -0.1) is 0 Å². The van der Waals surface area contributed by atoms with Gasteiger partial charge in [-0.1, -0.05) is 18.2 Å². The summed E-state index contributed by atoms with van der Waals surface area (Å²) in [6.45, 7) is 3.90. The van der Waals surface area contributed by atoms with Gasteiger partial charge in [0, 0.05) is 6.07 Å². The molecular weight excluding hydrogens is 507 g/mol. The zero-order chi connectivity index (χ0) is 26.6. The van der Waals surface area contributed by atoms with E-state index in [1.54, 1.807) is 22.6 Å². The molecule has 0 bridgehead atoms. The van der Waals surface area contributed by atoms with Crippen molar-refractivity contribution in [2.24, 2.45) is 0 Å². The number of hydrogen-bond donors (Lipinski definition) is 2. The van der Waals surface area contributed by atoms with Gasteiger partial charge in [-0.25, -0.2) is 24.8 Å². The summed E-state index contributed by atoms with van der Waals surface area (Å²) in [5.41, 5.74) is 12.9. The lowest BCUT2D eigenvalue weighted by molar-refractivity contribution is 0.410. The van der Waals surface area contributed by atoms with Crippen molar-refractivity contribution in [3.63, 3.8) is 0 Å². The maximum atomic E-state index is 14.4. The Morgan fingerprint density at radius 2 is 2.00 bits per heavy atom. The first-order valence-corrected chi connectivity index (χ1v) is 12.6. The van der Waals surface area contributed by atoms with Crippen molar-refractivity contribution in [3.8, 4) is 11.4 Å². The lowest BCUT2D eigenvalue weighted by Gasteiger charge is -2.22. The maximum Gasteiger partial charge on any atom is 0.268 e. The summed E-state index contributed by atoms with van der Waals surface area (Å²) < 4.78 is 25.7. The van der Waals surface area contributed by atoms with Crippen molar-refractivity contribution in [1.29, 1.82) is 0 Å². The third-order valence-corrected chi connectivity index (χ3v) is 7.43. The molecule has 0 fully saturated rings. The number of nitrogen functional groups attached to an aromatic ring is 1. The molecule has 0 aliphatic carbocycles. The zero-order valence-corrected chi connectivity index (χ0v) is 21.6. The average Bonchev–Trinajstić information content (AvgIpc) is 3.46. The minimum absolute atomic E-state index is 0.156. The number of fused-ring (bicyclic) bond motifs is 2. The predicted octanol–water partition coefficient (Wildman–Crippen LogP) is 3.59. The molecule has 0 spiro atoms. The minimum Gasteiger partial charge on any atom is -0.497 e. The van der Waals surface area contributed by atoms with E-state index in [1.807, 2.05) is 31.2 Å². The van der Waals surface area contributed by atoms with Crippen molar-refractivity contribution in [1.82, 2.24) is 29.3 Å². The molecule has 1 unspecified atom stereocenters. The number of anilines is 2. The van der Waals surface area contributed by atoms with Crippen LogP contribution in [0.2, 0.25) is 0 Å². The molecule has 5 aromatic rings. The van der Waals surface area contributed by atoms with Gasteiger partial charge in [0.2, 0.25) is 0 Å². The summed E-state index contributed by atoms with van der Waals surface area (Å²) in [4.78, 5) is 27.8. The maximum absolute atomic E-state index is 14.4. The molecule has 12 heteroatoms. The van der Waals surface area contributed by atoms with Gasteiger partial charge in [-0.2, -0.15) is 4.37 Å². The standard InChI is InChI=1S/C26H23FN8O2S/c1-13-6-4-5-7-18(13)35-19(31-25-20(26(35)36)14(2)33-38-25)11-34-24-21(23(28)29-12-30-24)22(32-34)15-8-16(27)10-17(9-15)37-3/h4-10,12,22,32H,11H2,1-3H3,(H2,28,29,30). The second kappa shape index (κ2) is 9.15. The number of hydrazine groups is 1. The number of aromatic nitrogens is 5. The fourth-order valence-corrected chi connectivity index (χ4v) is 5.58. The zero-order valence-electron chi connectivity index (χ0n) is 20.8. The van der Waals surface area contributed by atoms with Crippen molar-refractivity contribution in [2.75, 3.05) is 17.9 Å². The number of nitrogens with one attached hydrogen (secondary N) is 1. The number of ether oxygens (including phenoxy) is 1. The van der Waals surface area contributed by atoms with Crippen LogP contribution >= 0.6 is 11.5 Å². The summed E-state index contributed by atoms with van der Waals surface area (Å²) in [5.74, 6) is 1.18. The van der Waals surface area contributed by atoms with Gasteiger partial charge in [-0.3, -0.25) is 14.4 Å². The van der Waals surface area contributed by atoms with Crippen LogP contribution in [-0.4, -0.2) is 31.0 Å². The van der Waals surface area contributed by atoms with Crippen LogP contribution in [0.15, 0.2) is 53.6 Å². The van der Waals surface area contributed by atoms with Crippen LogP contribution in [0.5, 0.6) is 5.75 Å². The Kier molecular flexibility index (Phi) is 5.77.